The van der Waals surface area contributed by atoms with Crippen molar-refractivity contribution in [2.75, 3.05) is 39.2 Å². The third-order valence-electron chi connectivity index (χ3n) is 4.79. The van der Waals surface area contributed by atoms with Gasteiger partial charge in [0.2, 0.25) is 11.8 Å². The molecule has 0 radical (unpaired) electrons. The first-order chi connectivity index (χ1) is 13.5. The van der Waals surface area contributed by atoms with E-state index in [0.29, 0.717) is 38.2 Å². The molecule has 1 aliphatic heterocycles. The van der Waals surface area contributed by atoms with Crippen molar-refractivity contribution >= 4 is 23.5 Å². The third kappa shape index (κ3) is 7.19. The fraction of sp³-hybridized carbons (Fsp3) is 0.550. The maximum absolute atomic E-state index is 12.5. The van der Waals surface area contributed by atoms with Crippen LogP contribution in [0.3, 0.4) is 0 Å². The van der Waals surface area contributed by atoms with Crippen LogP contribution >= 0.6 is 0 Å². The normalized spacial score (nSPS) is 20.5. The highest BCUT2D eigenvalue weighted by molar-refractivity contribution is 5.89. The molecule has 0 aromatic heterocycles. The monoisotopic (exact) mass is 390 g/mol. The summed E-state index contributed by atoms with van der Waals surface area (Å²) in [4.78, 5) is 38.7. The van der Waals surface area contributed by atoms with Gasteiger partial charge in [0.05, 0.1) is 6.61 Å². The van der Waals surface area contributed by atoms with Crippen LogP contribution in [0.1, 0.15) is 25.7 Å². The van der Waals surface area contributed by atoms with Gasteiger partial charge < -0.3 is 25.6 Å². The number of benzene rings is 1. The van der Waals surface area contributed by atoms with Gasteiger partial charge in [-0.1, -0.05) is 24.6 Å². The molecule has 4 amide bonds. The fourth-order valence-electron chi connectivity index (χ4n) is 3.24. The molecule has 2 rings (SSSR count). The van der Waals surface area contributed by atoms with E-state index < -0.39 is 0 Å². The molecule has 8 nitrogen and oxygen atoms in total. The Bertz CT molecular complexity index is 653. The van der Waals surface area contributed by atoms with Crippen LogP contribution in [0.25, 0.3) is 0 Å². The third-order valence-corrected chi connectivity index (χ3v) is 4.79. The number of amides is 4. The Morgan fingerprint density at radius 2 is 1.96 bits per heavy atom. The summed E-state index contributed by atoms with van der Waals surface area (Å²) in [5, 5.41) is 8.55. The van der Waals surface area contributed by atoms with Crippen LogP contribution in [0.15, 0.2) is 30.3 Å². The van der Waals surface area contributed by atoms with E-state index in [2.05, 4.69) is 16.0 Å². The number of likely N-dealkylation sites (N-methyl/N-ethyl adjacent to an activating group) is 1. The predicted molar refractivity (Wildman–Crippen MR) is 107 cm³/mol. The van der Waals surface area contributed by atoms with Crippen LogP contribution in [0.2, 0.25) is 0 Å². The van der Waals surface area contributed by atoms with Crippen molar-refractivity contribution in [2.24, 2.45) is 5.92 Å². The topological polar surface area (TPSA) is 99.8 Å². The number of urea groups is 1. The van der Waals surface area contributed by atoms with Crippen LogP contribution in [-0.2, 0) is 14.3 Å². The Kier molecular flexibility index (Phi) is 8.74. The molecule has 2 atom stereocenters. The highest BCUT2D eigenvalue weighted by atomic mass is 16.5. The van der Waals surface area contributed by atoms with Crippen molar-refractivity contribution in [3.8, 4) is 0 Å². The largest absolute Gasteiger partial charge is 0.383 e. The smallest absolute Gasteiger partial charge is 0.319 e. The molecule has 1 saturated heterocycles. The van der Waals surface area contributed by atoms with E-state index >= 15 is 0 Å². The van der Waals surface area contributed by atoms with Crippen LogP contribution < -0.4 is 16.0 Å². The number of nitrogens with one attached hydrogen (secondary N) is 3. The lowest BCUT2D eigenvalue weighted by molar-refractivity contribution is -0.135. The summed E-state index contributed by atoms with van der Waals surface area (Å²) in [5.74, 6) is -0.570. The van der Waals surface area contributed by atoms with Gasteiger partial charge in [-0.25, -0.2) is 4.79 Å². The maximum Gasteiger partial charge on any atom is 0.319 e. The van der Waals surface area contributed by atoms with Gasteiger partial charge in [0.25, 0.3) is 0 Å². The summed E-state index contributed by atoms with van der Waals surface area (Å²) in [7, 11) is 3.28. The second kappa shape index (κ2) is 11.3. The molecule has 0 bridgehead atoms. The minimum Gasteiger partial charge on any atom is -0.383 e. The molecule has 28 heavy (non-hydrogen) atoms. The van der Waals surface area contributed by atoms with Gasteiger partial charge >= 0.3 is 6.03 Å². The SMILES string of the molecule is COCCNC(=O)[C@@H]1CCC[C@@H](NC(=O)Nc2ccccc2)CN(C)C(=O)C1. The second-order valence-electron chi connectivity index (χ2n) is 7.05. The number of hydrogen-bond acceptors (Lipinski definition) is 4. The molecule has 154 valence electrons. The molecule has 0 spiro atoms. The number of hydrogen-bond donors (Lipinski definition) is 3. The highest BCUT2D eigenvalue weighted by Gasteiger charge is 2.27. The van der Waals surface area contributed by atoms with E-state index in [1.165, 1.54) is 0 Å². The Labute approximate surface area is 166 Å². The Balaban J connectivity index is 1.91. The van der Waals surface area contributed by atoms with Crippen molar-refractivity contribution in [3.63, 3.8) is 0 Å². The predicted octanol–water partition coefficient (Wildman–Crippen LogP) is 1.59. The van der Waals surface area contributed by atoms with Gasteiger partial charge in [-0.05, 0) is 25.0 Å². The molecule has 1 aromatic rings. The molecular weight excluding hydrogens is 360 g/mol. The number of nitrogens with zero attached hydrogens (tertiary/aromatic N) is 1. The molecule has 0 unspecified atom stereocenters. The molecule has 0 saturated carbocycles. The summed E-state index contributed by atoms with van der Waals surface area (Å²) in [5.41, 5.74) is 0.709. The number of anilines is 1. The number of carbonyl (C=O) groups is 3. The van der Waals surface area contributed by atoms with Crippen LogP contribution in [0, 0.1) is 5.92 Å². The van der Waals surface area contributed by atoms with Crippen molar-refractivity contribution in [2.45, 2.75) is 31.7 Å². The van der Waals surface area contributed by atoms with Crippen LogP contribution in [0.4, 0.5) is 10.5 Å². The van der Waals surface area contributed by atoms with Crippen LogP contribution in [0.5, 0.6) is 0 Å². The first-order valence-corrected chi connectivity index (χ1v) is 9.62. The van der Waals surface area contributed by atoms with Gasteiger partial charge in [-0.3, -0.25) is 9.59 Å². The number of methoxy groups -OCH3 is 1. The zero-order chi connectivity index (χ0) is 20.4. The van der Waals surface area contributed by atoms with E-state index in [1.807, 2.05) is 30.3 Å². The van der Waals surface area contributed by atoms with Crippen molar-refractivity contribution in [1.29, 1.82) is 0 Å². The molecule has 1 aromatic carbocycles. The molecular formula is C20H30N4O4. The second-order valence-corrected chi connectivity index (χ2v) is 7.05. The lowest BCUT2D eigenvalue weighted by atomic mass is 9.96. The zero-order valence-electron chi connectivity index (χ0n) is 16.6. The number of carbonyl (C=O) groups excluding carboxylic acids is 3. The molecule has 1 fully saturated rings. The summed E-state index contributed by atoms with van der Waals surface area (Å²) >= 11 is 0. The van der Waals surface area contributed by atoms with E-state index in [1.54, 1.807) is 19.1 Å². The average Bonchev–Trinajstić information content (AvgIpc) is 2.73. The lowest BCUT2D eigenvalue weighted by Gasteiger charge is -2.24. The van der Waals surface area contributed by atoms with Crippen molar-refractivity contribution < 1.29 is 19.1 Å². The Hall–Kier alpha value is -2.61. The number of ether oxygens (including phenoxy) is 1. The van der Waals surface area contributed by atoms with Gasteiger partial charge in [0.1, 0.15) is 0 Å². The molecule has 8 heteroatoms. The van der Waals surface area contributed by atoms with Crippen molar-refractivity contribution in [3.05, 3.63) is 30.3 Å². The Morgan fingerprint density at radius 3 is 2.68 bits per heavy atom. The first kappa shape index (κ1) is 21.7. The summed E-state index contributed by atoms with van der Waals surface area (Å²) in [6.45, 7) is 1.29. The van der Waals surface area contributed by atoms with Gasteiger partial charge in [0.15, 0.2) is 0 Å². The number of para-hydroxylation sites is 1. The van der Waals surface area contributed by atoms with Gasteiger partial charge in [-0.15, -0.1) is 0 Å². The standard InChI is InChI=1S/C20H30N4O4/c1-24-14-17(23-20(27)22-16-8-4-3-5-9-16)10-6-7-15(13-18(24)25)19(26)21-11-12-28-2/h3-5,8-9,15,17H,6-7,10-14H2,1-2H3,(H,21,26)(H2,22,23,27)/t15-,17-/m1/s1. The zero-order valence-corrected chi connectivity index (χ0v) is 16.6. The first-order valence-electron chi connectivity index (χ1n) is 9.62. The average molecular weight is 390 g/mol. The quantitative estimate of drug-likeness (QED) is 0.642. The lowest BCUT2D eigenvalue weighted by Crippen LogP contribution is -2.45. The van der Waals surface area contributed by atoms with Crippen molar-refractivity contribution in [1.82, 2.24) is 15.5 Å². The van der Waals surface area contributed by atoms with E-state index in [9.17, 15) is 14.4 Å². The minimum atomic E-state index is -0.358. The summed E-state index contributed by atoms with van der Waals surface area (Å²) in [6.07, 6.45) is 2.23. The van der Waals surface area contributed by atoms with Crippen LogP contribution in [-0.4, -0.2) is 62.6 Å². The molecule has 1 aliphatic rings. The van der Waals surface area contributed by atoms with E-state index in [0.717, 1.165) is 6.42 Å². The highest BCUT2D eigenvalue weighted by Crippen LogP contribution is 2.19. The fourth-order valence-corrected chi connectivity index (χ4v) is 3.24. The summed E-state index contributed by atoms with van der Waals surface area (Å²) in [6, 6.07) is 8.72. The molecule has 0 aliphatic carbocycles. The van der Waals surface area contributed by atoms with E-state index in [4.69, 9.17) is 4.74 Å². The Morgan fingerprint density at radius 1 is 1.21 bits per heavy atom. The summed E-state index contributed by atoms with van der Waals surface area (Å²) < 4.78 is 4.94. The minimum absolute atomic E-state index is 0.0935. The van der Waals surface area contributed by atoms with Gasteiger partial charge in [0, 0.05) is 51.3 Å². The maximum atomic E-state index is 12.5. The van der Waals surface area contributed by atoms with Gasteiger partial charge in [-0.2, -0.15) is 0 Å². The molecule has 1 heterocycles. The number of rotatable bonds is 6. The van der Waals surface area contributed by atoms with E-state index in [-0.39, 0.29) is 36.2 Å². The molecule has 3 N–H and O–H groups in total.